The maximum atomic E-state index is 12.8. The van der Waals surface area contributed by atoms with Crippen molar-refractivity contribution in [1.82, 2.24) is 15.0 Å². The fourth-order valence-corrected chi connectivity index (χ4v) is 3.33. The molecule has 0 spiro atoms. The van der Waals surface area contributed by atoms with Crippen LogP contribution in [0, 0.1) is 17.3 Å². The van der Waals surface area contributed by atoms with E-state index in [1.807, 2.05) is 13.0 Å². The van der Waals surface area contributed by atoms with Crippen LogP contribution in [0.2, 0.25) is 0 Å². The van der Waals surface area contributed by atoms with Gasteiger partial charge in [0.15, 0.2) is 0 Å². The van der Waals surface area contributed by atoms with Crippen LogP contribution in [0.25, 0.3) is 11.4 Å². The third-order valence-corrected chi connectivity index (χ3v) is 4.73. The summed E-state index contributed by atoms with van der Waals surface area (Å²) in [5.74, 6) is -0.606. The van der Waals surface area contributed by atoms with Crippen molar-refractivity contribution >= 4 is 11.9 Å². The van der Waals surface area contributed by atoms with E-state index in [-0.39, 0.29) is 23.8 Å². The lowest BCUT2D eigenvalue weighted by atomic mass is 9.92. The topological polar surface area (TPSA) is 96.5 Å². The summed E-state index contributed by atoms with van der Waals surface area (Å²) < 4.78 is 5.33. The van der Waals surface area contributed by atoms with Gasteiger partial charge in [-0.2, -0.15) is 4.98 Å². The number of aliphatic carboxylic acids is 1. The molecular weight excluding hydrogens is 346 g/mol. The number of carboxylic acid groups (broad SMARTS) is 1. The number of benzene rings is 1. The Kier molecular flexibility index (Phi) is 5.04. The average Bonchev–Trinajstić information content (AvgIpc) is 3.19. The third kappa shape index (κ3) is 4.35. The molecule has 27 heavy (non-hydrogen) atoms. The summed E-state index contributed by atoms with van der Waals surface area (Å²) >= 11 is 0. The Labute approximate surface area is 158 Å². The Hall–Kier alpha value is -2.70. The number of carboxylic acids is 1. The maximum Gasteiger partial charge on any atom is 0.308 e. The van der Waals surface area contributed by atoms with E-state index in [4.69, 9.17) is 4.52 Å². The molecule has 144 valence electrons. The van der Waals surface area contributed by atoms with Crippen LogP contribution in [-0.4, -0.2) is 45.1 Å². The van der Waals surface area contributed by atoms with Crippen molar-refractivity contribution in [3.05, 3.63) is 35.7 Å². The van der Waals surface area contributed by atoms with Gasteiger partial charge < -0.3 is 14.5 Å². The highest BCUT2D eigenvalue weighted by Crippen LogP contribution is 2.26. The standard InChI is InChI=1S/C20H25N3O4/c1-12-10-23(11-15(12)19(25)26)18(24)14-7-5-6-13(8-14)17-21-16(27-22-17)9-20(2,3)4/h5-8,12,15H,9-11H2,1-4H3,(H,25,26)/t12-,15-/m1/s1. The number of likely N-dealkylation sites (tertiary alicyclic amines) is 1. The Bertz CT molecular complexity index is 853. The molecule has 1 aromatic heterocycles. The molecule has 0 saturated carbocycles. The number of hydrogen-bond donors (Lipinski definition) is 1. The molecule has 0 unspecified atom stereocenters. The van der Waals surface area contributed by atoms with Crippen LogP contribution < -0.4 is 0 Å². The molecule has 7 nitrogen and oxygen atoms in total. The van der Waals surface area contributed by atoms with E-state index in [9.17, 15) is 14.7 Å². The van der Waals surface area contributed by atoms with Crippen LogP contribution in [0.3, 0.4) is 0 Å². The first-order valence-corrected chi connectivity index (χ1v) is 9.09. The molecule has 1 aliphatic heterocycles. The van der Waals surface area contributed by atoms with Crippen LogP contribution in [0.1, 0.15) is 43.9 Å². The van der Waals surface area contributed by atoms with Crippen LogP contribution in [0.4, 0.5) is 0 Å². The van der Waals surface area contributed by atoms with Crippen LogP contribution in [0.15, 0.2) is 28.8 Å². The minimum absolute atomic E-state index is 0.0365. The largest absolute Gasteiger partial charge is 0.481 e. The van der Waals surface area contributed by atoms with Crippen molar-refractivity contribution in [1.29, 1.82) is 0 Å². The highest BCUT2D eigenvalue weighted by atomic mass is 16.5. The second-order valence-corrected chi connectivity index (χ2v) is 8.46. The van der Waals surface area contributed by atoms with Gasteiger partial charge in [0.25, 0.3) is 5.91 Å². The number of carbonyl (C=O) groups excluding carboxylic acids is 1. The minimum atomic E-state index is -0.857. The van der Waals surface area contributed by atoms with Crippen molar-refractivity contribution in [2.75, 3.05) is 13.1 Å². The van der Waals surface area contributed by atoms with Gasteiger partial charge in [0.2, 0.25) is 11.7 Å². The molecule has 2 atom stereocenters. The maximum absolute atomic E-state index is 12.8. The summed E-state index contributed by atoms with van der Waals surface area (Å²) in [6.45, 7) is 8.82. The van der Waals surface area contributed by atoms with Crippen molar-refractivity contribution in [3.8, 4) is 11.4 Å². The zero-order chi connectivity index (χ0) is 19.8. The molecule has 2 aromatic rings. The number of amides is 1. The SMILES string of the molecule is C[C@@H]1CN(C(=O)c2cccc(-c3noc(CC(C)(C)C)n3)c2)C[C@H]1C(=O)O. The number of hydrogen-bond acceptors (Lipinski definition) is 5. The lowest BCUT2D eigenvalue weighted by Gasteiger charge is -2.16. The molecule has 1 fully saturated rings. The molecular formula is C20H25N3O4. The predicted octanol–water partition coefficient (Wildman–Crippen LogP) is 3.12. The van der Waals surface area contributed by atoms with E-state index < -0.39 is 11.9 Å². The molecule has 1 amide bonds. The van der Waals surface area contributed by atoms with Gasteiger partial charge in [0, 0.05) is 30.6 Å². The number of nitrogens with zero attached hydrogens (tertiary/aromatic N) is 3. The van der Waals surface area contributed by atoms with Gasteiger partial charge in [0.1, 0.15) is 0 Å². The van der Waals surface area contributed by atoms with Crippen molar-refractivity contribution in [3.63, 3.8) is 0 Å². The summed E-state index contributed by atoms with van der Waals surface area (Å²) in [6, 6.07) is 7.05. The first-order valence-electron chi connectivity index (χ1n) is 9.09. The van der Waals surface area contributed by atoms with E-state index in [2.05, 4.69) is 30.9 Å². The van der Waals surface area contributed by atoms with Gasteiger partial charge in [-0.1, -0.05) is 45.0 Å². The molecule has 2 heterocycles. The monoisotopic (exact) mass is 371 g/mol. The van der Waals surface area contributed by atoms with Gasteiger partial charge >= 0.3 is 5.97 Å². The Morgan fingerprint density at radius 2 is 2.04 bits per heavy atom. The van der Waals surface area contributed by atoms with Gasteiger partial charge in [-0.05, 0) is 23.5 Å². The van der Waals surface area contributed by atoms with Gasteiger partial charge in [-0.25, -0.2) is 0 Å². The first kappa shape index (κ1) is 19.1. The fraction of sp³-hybridized carbons (Fsp3) is 0.500. The number of carbonyl (C=O) groups is 2. The summed E-state index contributed by atoms with van der Waals surface area (Å²) in [7, 11) is 0. The molecule has 1 aliphatic rings. The van der Waals surface area contributed by atoms with E-state index in [1.165, 1.54) is 0 Å². The van der Waals surface area contributed by atoms with Crippen LogP contribution in [0.5, 0.6) is 0 Å². The highest BCUT2D eigenvalue weighted by Gasteiger charge is 2.37. The zero-order valence-corrected chi connectivity index (χ0v) is 16.1. The molecule has 3 rings (SSSR count). The first-order chi connectivity index (χ1) is 12.6. The third-order valence-electron chi connectivity index (χ3n) is 4.73. The van der Waals surface area contributed by atoms with Crippen molar-refractivity contribution < 1.29 is 19.2 Å². The van der Waals surface area contributed by atoms with E-state index in [0.717, 1.165) is 0 Å². The fourth-order valence-electron chi connectivity index (χ4n) is 3.33. The van der Waals surface area contributed by atoms with Gasteiger partial charge in [0.05, 0.1) is 5.92 Å². The van der Waals surface area contributed by atoms with Crippen molar-refractivity contribution in [2.24, 2.45) is 17.3 Å². The molecule has 0 bridgehead atoms. The lowest BCUT2D eigenvalue weighted by Crippen LogP contribution is -2.29. The van der Waals surface area contributed by atoms with Crippen LogP contribution >= 0.6 is 0 Å². The smallest absolute Gasteiger partial charge is 0.308 e. The number of rotatable bonds is 4. The Morgan fingerprint density at radius 3 is 2.67 bits per heavy atom. The second-order valence-electron chi connectivity index (χ2n) is 8.46. The second kappa shape index (κ2) is 7.13. The van der Waals surface area contributed by atoms with Crippen molar-refractivity contribution in [2.45, 2.75) is 34.1 Å². The Balaban J connectivity index is 1.78. The summed E-state index contributed by atoms with van der Waals surface area (Å²) in [5, 5.41) is 13.3. The van der Waals surface area contributed by atoms with Gasteiger partial charge in [-0.3, -0.25) is 9.59 Å². The molecule has 1 aromatic carbocycles. The van der Waals surface area contributed by atoms with Crippen LogP contribution in [-0.2, 0) is 11.2 Å². The molecule has 1 N–H and O–H groups in total. The molecule has 0 aliphatic carbocycles. The highest BCUT2D eigenvalue weighted by molar-refractivity contribution is 5.95. The molecule has 0 radical (unpaired) electrons. The summed E-state index contributed by atoms with van der Waals surface area (Å²) in [6.07, 6.45) is 0.668. The zero-order valence-electron chi connectivity index (χ0n) is 16.1. The summed E-state index contributed by atoms with van der Waals surface area (Å²) in [5.41, 5.74) is 1.23. The predicted molar refractivity (Wildman–Crippen MR) is 99.1 cm³/mol. The van der Waals surface area contributed by atoms with Gasteiger partial charge in [-0.15, -0.1) is 0 Å². The van der Waals surface area contributed by atoms with E-state index >= 15 is 0 Å². The Morgan fingerprint density at radius 1 is 1.30 bits per heavy atom. The molecule has 7 heteroatoms. The van der Waals surface area contributed by atoms with E-state index in [0.29, 0.717) is 35.8 Å². The normalized spacial score (nSPS) is 20.1. The van der Waals surface area contributed by atoms with E-state index in [1.54, 1.807) is 23.1 Å². The lowest BCUT2D eigenvalue weighted by molar-refractivity contribution is -0.142. The quantitative estimate of drug-likeness (QED) is 0.887. The average molecular weight is 371 g/mol. The number of aromatic nitrogens is 2. The minimum Gasteiger partial charge on any atom is -0.481 e. The molecule has 1 saturated heterocycles. The summed E-state index contributed by atoms with van der Waals surface area (Å²) in [4.78, 5) is 30.1.